The lowest BCUT2D eigenvalue weighted by molar-refractivity contribution is -0.113. The second-order valence-corrected chi connectivity index (χ2v) is 8.10. The number of aromatic nitrogens is 4. The SMILES string of the molecule is O=C(CSc1nnc(-c2ccncc2)n1-c1ccc(F)cc1)Nc1ccc(Cl)cc1Cl. The van der Waals surface area contributed by atoms with Gasteiger partial charge in [-0.15, -0.1) is 10.2 Å². The molecule has 4 rings (SSSR count). The molecule has 0 unspecified atom stereocenters. The van der Waals surface area contributed by atoms with Crippen molar-refractivity contribution in [2.45, 2.75) is 5.16 Å². The molecule has 0 aliphatic carbocycles. The van der Waals surface area contributed by atoms with Gasteiger partial charge in [-0.1, -0.05) is 35.0 Å². The average Bonchev–Trinajstić information content (AvgIpc) is 3.19. The third-order valence-corrected chi connectivity index (χ3v) is 5.67. The number of hydrogen-bond donors (Lipinski definition) is 1. The summed E-state index contributed by atoms with van der Waals surface area (Å²) in [4.78, 5) is 16.5. The van der Waals surface area contributed by atoms with E-state index in [-0.39, 0.29) is 17.5 Å². The Kier molecular flexibility index (Phi) is 6.50. The van der Waals surface area contributed by atoms with Crippen LogP contribution >= 0.6 is 35.0 Å². The number of pyridine rings is 1. The zero-order chi connectivity index (χ0) is 21.8. The summed E-state index contributed by atoms with van der Waals surface area (Å²) in [6, 6.07) is 14.4. The second-order valence-electron chi connectivity index (χ2n) is 6.31. The fourth-order valence-corrected chi connectivity index (χ4v) is 3.99. The molecular formula is C21H14Cl2FN5OS. The van der Waals surface area contributed by atoms with Crippen molar-refractivity contribution in [3.63, 3.8) is 0 Å². The number of halogens is 3. The normalized spacial score (nSPS) is 10.8. The molecule has 1 amide bonds. The molecule has 0 fully saturated rings. The summed E-state index contributed by atoms with van der Waals surface area (Å²) < 4.78 is 15.2. The number of rotatable bonds is 6. The van der Waals surface area contributed by atoms with Crippen molar-refractivity contribution in [2.24, 2.45) is 0 Å². The van der Waals surface area contributed by atoms with Gasteiger partial charge in [-0.3, -0.25) is 14.3 Å². The van der Waals surface area contributed by atoms with Gasteiger partial charge in [0, 0.05) is 28.7 Å². The molecular weight excluding hydrogens is 460 g/mol. The van der Waals surface area contributed by atoms with Crippen molar-refractivity contribution in [1.82, 2.24) is 19.7 Å². The van der Waals surface area contributed by atoms with E-state index in [9.17, 15) is 9.18 Å². The highest BCUT2D eigenvalue weighted by Gasteiger charge is 2.18. The first-order valence-corrected chi connectivity index (χ1v) is 10.7. The van der Waals surface area contributed by atoms with Gasteiger partial charge in [0.15, 0.2) is 11.0 Å². The molecule has 156 valence electrons. The Morgan fingerprint density at radius 3 is 2.48 bits per heavy atom. The van der Waals surface area contributed by atoms with Crippen molar-refractivity contribution < 1.29 is 9.18 Å². The van der Waals surface area contributed by atoms with Crippen molar-refractivity contribution in [1.29, 1.82) is 0 Å². The van der Waals surface area contributed by atoms with Crippen LogP contribution in [0.25, 0.3) is 17.1 Å². The first-order valence-electron chi connectivity index (χ1n) is 9.01. The maximum atomic E-state index is 13.4. The van der Waals surface area contributed by atoms with Gasteiger partial charge >= 0.3 is 0 Å². The standard InChI is InChI=1S/C21H14Cl2FN5OS/c22-14-1-6-18(17(23)11-14)26-19(30)12-31-21-28-27-20(13-7-9-25-10-8-13)29(21)16-4-2-15(24)3-5-16/h1-11H,12H2,(H,26,30). The van der Waals surface area contributed by atoms with Crippen LogP contribution in [0.15, 0.2) is 72.1 Å². The molecule has 0 saturated heterocycles. The highest BCUT2D eigenvalue weighted by Crippen LogP contribution is 2.29. The van der Waals surface area contributed by atoms with Crippen molar-refractivity contribution in [3.05, 3.63) is 82.9 Å². The Morgan fingerprint density at radius 1 is 1.03 bits per heavy atom. The number of anilines is 1. The van der Waals surface area contributed by atoms with E-state index in [1.807, 2.05) is 0 Å². The predicted octanol–water partition coefficient (Wildman–Crippen LogP) is 5.51. The molecule has 2 heterocycles. The zero-order valence-corrected chi connectivity index (χ0v) is 18.1. The number of hydrogen-bond acceptors (Lipinski definition) is 5. The van der Waals surface area contributed by atoms with Crippen LogP contribution in [0.1, 0.15) is 0 Å². The summed E-state index contributed by atoms with van der Waals surface area (Å²) in [5, 5.41) is 12.6. The molecule has 0 saturated carbocycles. The maximum absolute atomic E-state index is 13.4. The molecule has 2 aromatic carbocycles. The fraction of sp³-hybridized carbons (Fsp3) is 0.0476. The Labute approximate surface area is 191 Å². The van der Waals surface area contributed by atoms with Crippen LogP contribution in [0.2, 0.25) is 10.0 Å². The van der Waals surface area contributed by atoms with E-state index in [2.05, 4.69) is 20.5 Å². The van der Waals surface area contributed by atoms with E-state index in [0.29, 0.717) is 32.4 Å². The fourth-order valence-electron chi connectivity index (χ4n) is 2.78. The van der Waals surface area contributed by atoms with Crippen LogP contribution in [-0.2, 0) is 4.79 Å². The van der Waals surface area contributed by atoms with Crippen LogP contribution in [-0.4, -0.2) is 31.4 Å². The molecule has 0 aliphatic heterocycles. The molecule has 0 aliphatic rings. The summed E-state index contributed by atoms with van der Waals surface area (Å²) in [7, 11) is 0. The monoisotopic (exact) mass is 473 g/mol. The number of carbonyl (C=O) groups excluding carboxylic acids is 1. The highest BCUT2D eigenvalue weighted by atomic mass is 35.5. The first-order chi connectivity index (χ1) is 15.0. The third-order valence-electron chi connectivity index (χ3n) is 4.19. The third kappa shape index (κ3) is 5.04. The molecule has 0 spiro atoms. The average molecular weight is 474 g/mol. The number of amides is 1. The summed E-state index contributed by atoms with van der Waals surface area (Å²) in [5.74, 6) is -0.00374. The van der Waals surface area contributed by atoms with E-state index in [1.165, 1.54) is 23.9 Å². The predicted molar refractivity (Wildman–Crippen MR) is 120 cm³/mol. The Balaban J connectivity index is 1.58. The molecule has 0 bridgehead atoms. The van der Waals surface area contributed by atoms with Crippen molar-refractivity contribution in [2.75, 3.05) is 11.1 Å². The smallest absolute Gasteiger partial charge is 0.234 e. The van der Waals surface area contributed by atoms with Gasteiger partial charge in [0.2, 0.25) is 5.91 Å². The molecule has 4 aromatic rings. The maximum Gasteiger partial charge on any atom is 0.234 e. The van der Waals surface area contributed by atoms with E-state index < -0.39 is 0 Å². The number of thioether (sulfide) groups is 1. The summed E-state index contributed by atoms with van der Waals surface area (Å²) in [6.45, 7) is 0. The van der Waals surface area contributed by atoms with Gasteiger partial charge in [-0.2, -0.15) is 0 Å². The Morgan fingerprint density at radius 2 is 1.77 bits per heavy atom. The van der Waals surface area contributed by atoms with Crippen LogP contribution in [0.4, 0.5) is 10.1 Å². The first kappa shape index (κ1) is 21.3. The van der Waals surface area contributed by atoms with Crippen molar-refractivity contribution in [3.8, 4) is 17.1 Å². The van der Waals surface area contributed by atoms with Crippen LogP contribution in [0.5, 0.6) is 0 Å². The van der Waals surface area contributed by atoms with Gasteiger partial charge < -0.3 is 5.32 Å². The topological polar surface area (TPSA) is 72.7 Å². The quantitative estimate of drug-likeness (QED) is 0.374. The van der Waals surface area contributed by atoms with Crippen LogP contribution < -0.4 is 5.32 Å². The molecule has 0 radical (unpaired) electrons. The minimum absolute atomic E-state index is 0.0641. The number of nitrogens with one attached hydrogen (secondary N) is 1. The van der Waals surface area contributed by atoms with Gasteiger partial charge in [-0.25, -0.2) is 4.39 Å². The Hall–Kier alpha value is -2.94. The minimum atomic E-state index is -0.351. The summed E-state index contributed by atoms with van der Waals surface area (Å²) in [5.41, 5.74) is 1.92. The largest absolute Gasteiger partial charge is 0.324 e. The van der Waals surface area contributed by atoms with Gasteiger partial charge in [0.05, 0.1) is 16.5 Å². The lowest BCUT2D eigenvalue weighted by Gasteiger charge is -2.11. The molecule has 2 aromatic heterocycles. The molecule has 6 nitrogen and oxygen atoms in total. The second kappa shape index (κ2) is 9.47. The van der Waals surface area contributed by atoms with E-state index in [4.69, 9.17) is 23.2 Å². The minimum Gasteiger partial charge on any atom is -0.324 e. The highest BCUT2D eigenvalue weighted by molar-refractivity contribution is 7.99. The molecule has 31 heavy (non-hydrogen) atoms. The zero-order valence-electron chi connectivity index (χ0n) is 15.8. The van der Waals surface area contributed by atoms with E-state index in [0.717, 1.165) is 5.56 Å². The van der Waals surface area contributed by atoms with Gasteiger partial charge in [-0.05, 0) is 54.6 Å². The van der Waals surface area contributed by atoms with Gasteiger partial charge in [0.1, 0.15) is 5.82 Å². The van der Waals surface area contributed by atoms with Crippen LogP contribution in [0, 0.1) is 5.82 Å². The summed E-state index contributed by atoms with van der Waals surface area (Å²) >= 11 is 13.2. The van der Waals surface area contributed by atoms with Gasteiger partial charge in [0.25, 0.3) is 0 Å². The molecule has 1 N–H and O–H groups in total. The van der Waals surface area contributed by atoms with Crippen molar-refractivity contribution >= 4 is 46.6 Å². The van der Waals surface area contributed by atoms with E-state index >= 15 is 0 Å². The number of carbonyl (C=O) groups is 1. The van der Waals surface area contributed by atoms with E-state index in [1.54, 1.807) is 59.4 Å². The Bertz CT molecular complexity index is 1220. The van der Waals surface area contributed by atoms with Crippen LogP contribution in [0.3, 0.4) is 0 Å². The number of nitrogens with zero attached hydrogens (tertiary/aromatic N) is 4. The molecule has 10 heteroatoms. The lowest BCUT2D eigenvalue weighted by atomic mass is 10.2. The number of benzene rings is 2. The summed E-state index contributed by atoms with van der Waals surface area (Å²) in [6.07, 6.45) is 3.30. The lowest BCUT2D eigenvalue weighted by Crippen LogP contribution is -2.15. The molecule has 0 atom stereocenters.